The predicted molar refractivity (Wildman–Crippen MR) is 126 cm³/mol. The van der Waals surface area contributed by atoms with Gasteiger partial charge in [-0.3, -0.25) is 9.48 Å². The molecule has 5 rings (SSSR count). The first-order valence-electron chi connectivity index (χ1n) is 11.8. The number of aryl methyl sites for hydroxylation is 1. The van der Waals surface area contributed by atoms with E-state index in [4.69, 9.17) is 14.8 Å². The van der Waals surface area contributed by atoms with Gasteiger partial charge in [-0.25, -0.2) is 9.37 Å². The number of ether oxygens (including phenoxy) is 1. The number of hydrogen-bond donors (Lipinski definition) is 1. The maximum absolute atomic E-state index is 13.5. The number of hydrogen-bond acceptors (Lipinski definition) is 5. The van der Waals surface area contributed by atoms with Gasteiger partial charge in [0.25, 0.3) is 0 Å². The molecule has 1 aliphatic heterocycles. The Bertz CT molecular complexity index is 1080. The van der Waals surface area contributed by atoms with Gasteiger partial charge in [0, 0.05) is 43.4 Å². The molecule has 1 aromatic carbocycles. The lowest BCUT2D eigenvalue weighted by Gasteiger charge is -2.22. The van der Waals surface area contributed by atoms with Crippen molar-refractivity contribution >= 4 is 17.2 Å². The van der Waals surface area contributed by atoms with Crippen molar-refractivity contribution in [3.05, 3.63) is 47.4 Å². The number of rotatable bonds is 9. The molecule has 2 fully saturated rings. The van der Waals surface area contributed by atoms with E-state index in [0.717, 1.165) is 72.5 Å². The van der Waals surface area contributed by atoms with Gasteiger partial charge >= 0.3 is 0 Å². The fourth-order valence-electron chi connectivity index (χ4n) is 4.18. The van der Waals surface area contributed by atoms with E-state index < -0.39 is 0 Å². The van der Waals surface area contributed by atoms with Gasteiger partial charge in [0.2, 0.25) is 5.91 Å². The Hall–Kier alpha value is -2.58. The van der Waals surface area contributed by atoms with Crippen LogP contribution in [0.15, 0.2) is 35.8 Å². The molecule has 0 bridgehead atoms. The van der Waals surface area contributed by atoms with Crippen LogP contribution in [0.25, 0.3) is 21.8 Å². The molecule has 1 saturated heterocycles. The van der Waals surface area contributed by atoms with Crippen LogP contribution in [-0.4, -0.2) is 40.4 Å². The summed E-state index contributed by atoms with van der Waals surface area (Å²) in [6, 6.07) is 6.42. The van der Waals surface area contributed by atoms with Gasteiger partial charge in [-0.2, -0.15) is 5.10 Å². The molecule has 1 aliphatic carbocycles. The molecule has 0 unspecified atom stereocenters. The van der Waals surface area contributed by atoms with Crippen LogP contribution in [0.2, 0.25) is 0 Å². The highest BCUT2D eigenvalue weighted by atomic mass is 32.1. The fraction of sp³-hybridized carbons (Fsp3) is 0.480. The summed E-state index contributed by atoms with van der Waals surface area (Å²) in [5.74, 6) is 1.04. The minimum Gasteiger partial charge on any atom is -0.381 e. The van der Waals surface area contributed by atoms with Gasteiger partial charge < -0.3 is 10.1 Å². The first-order chi connectivity index (χ1) is 16.1. The van der Waals surface area contributed by atoms with Crippen molar-refractivity contribution in [2.45, 2.75) is 45.1 Å². The standard InChI is InChI=1S/C25H29FN4O2S/c26-20-5-3-19(4-6-20)24-22(15-30(29-24)10-7-17-1-2-17)25-28-21(16-33-25)13-23(31)27-14-18-8-11-32-12-9-18/h3-6,15-18H,1-2,7-14H2,(H,27,31). The van der Waals surface area contributed by atoms with Gasteiger partial charge in [-0.1, -0.05) is 12.8 Å². The normalized spacial score (nSPS) is 16.8. The summed E-state index contributed by atoms with van der Waals surface area (Å²) >= 11 is 1.52. The van der Waals surface area contributed by atoms with Crippen LogP contribution in [0.5, 0.6) is 0 Å². The van der Waals surface area contributed by atoms with E-state index in [1.54, 1.807) is 12.1 Å². The number of aromatic nitrogens is 3. The summed E-state index contributed by atoms with van der Waals surface area (Å²) in [5.41, 5.74) is 3.35. The topological polar surface area (TPSA) is 69.0 Å². The van der Waals surface area contributed by atoms with Crippen LogP contribution >= 0.6 is 11.3 Å². The van der Waals surface area contributed by atoms with E-state index in [2.05, 4.69) is 5.32 Å². The van der Waals surface area contributed by atoms with Gasteiger partial charge in [-0.15, -0.1) is 11.3 Å². The van der Waals surface area contributed by atoms with Crippen LogP contribution in [-0.2, 0) is 22.5 Å². The zero-order chi connectivity index (χ0) is 22.6. The molecule has 0 atom stereocenters. The Morgan fingerprint density at radius 3 is 2.70 bits per heavy atom. The van der Waals surface area contributed by atoms with Gasteiger partial charge in [-0.05, 0) is 55.4 Å². The highest BCUT2D eigenvalue weighted by molar-refractivity contribution is 7.13. The van der Waals surface area contributed by atoms with Crippen molar-refractivity contribution < 1.29 is 13.9 Å². The molecule has 174 valence electrons. The van der Waals surface area contributed by atoms with Gasteiger partial charge in [0.15, 0.2) is 0 Å². The molecule has 2 aromatic heterocycles. The number of benzene rings is 1. The molecule has 6 nitrogen and oxygen atoms in total. The number of carbonyl (C=O) groups excluding carboxylic acids is 1. The van der Waals surface area contributed by atoms with E-state index in [1.807, 2.05) is 16.3 Å². The predicted octanol–water partition coefficient (Wildman–Crippen LogP) is 4.70. The number of nitrogens with zero attached hydrogens (tertiary/aromatic N) is 3. The second kappa shape index (κ2) is 10.1. The minimum absolute atomic E-state index is 0.00257. The van der Waals surface area contributed by atoms with Crippen molar-refractivity contribution in [3.63, 3.8) is 0 Å². The lowest BCUT2D eigenvalue weighted by Crippen LogP contribution is -2.33. The van der Waals surface area contributed by atoms with E-state index in [9.17, 15) is 9.18 Å². The second-order valence-electron chi connectivity index (χ2n) is 9.07. The number of nitrogens with one attached hydrogen (secondary N) is 1. The maximum Gasteiger partial charge on any atom is 0.226 e. The van der Waals surface area contributed by atoms with Crippen LogP contribution < -0.4 is 5.32 Å². The Morgan fingerprint density at radius 2 is 1.94 bits per heavy atom. The molecular weight excluding hydrogens is 439 g/mol. The van der Waals surface area contributed by atoms with E-state index in [0.29, 0.717) is 12.5 Å². The molecule has 0 spiro atoms. The van der Waals surface area contributed by atoms with E-state index >= 15 is 0 Å². The van der Waals surface area contributed by atoms with Crippen LogP contribution in [0, 0.1) is 17.7 Å². The largest absolute Gasteiger partial charge is 0.381 e. The number of amides is 1. The zero-order valence-electron chi connectivity index (χ0n) is 18.6. The third-order valence-corrected chi connectivity index (χ3v) is 7.32. The molecule has 33 heavy (non-hydrogen) atoms. The van der Waals surface area contributed by atoms with Crippen LogP contribution in [0.1, 0.15) is 37.8 Å². The summed E-state index contributed by atoms with van der Waals surface area (Å²) in [5, 5.41) is 10.6. The molecule has 1 amide bonds. The lowest BCUT2D eigenvalue weighted by atomic mass is 10.0. The Balaban J connectivity index is 1.29. The van der Waals surface area contributed by atoms with Crippen molar-refractivity contribution in [2.24, 2.45) is 11.8 Å². The van der Waals surface area contributed by atoms with Crippen molar-refractivity contribution in [2.75, 3.05) is 19.8 Å². The average Bonchev–Trinajstić information content (AvgIpc) is 3.39. The third-order valence-electron chi connectivity index (χ3n) is 6.40. The molecule has 2 aliphatic rings. The SMILES string of the molecule is O=C(Cc1csc(-c2cn(CCC3CC3)nc2-c2ccc(F)cc2)n1)NCC1CCOCC1. The number of halogens is 1. The Kier molecular flexibility index (Phi) is 6.83. The maximum atomic E-state index is 13.5. The lowest BCUT2D eigenvalue weighted by molar-refractivity contribution is -0.120. The highest BCUT2D eigenvalue weighted by Gasteiger charge is 2.22. The van der Waals surface area contributed by atoms with Crippen LogP contribution in [0.3, 0.4) is 0 Å². The first-order valence-corrected chi connectivity index (χ1v) is 12.6. The molecule has 8 heteroatoms. The molecule has 1 N–H and O–H groups in total. The minimum atomic E-state index is -0.267. The van der Waals surface area contributed by atoms with Crippen LogP contribution in [0.4, 0.5) is 4.39 Å². The molecular formula is C25H29FN4O2S. The number of thiazole rings is 1. The van der Waals surface area contributed by atoms with Crippen molar-refractivity contribution in [1.82, 2.24) is 20.1 Å². The summed E-state index contributed by atoms with van der Waals surface area (Å²) in [7, 11) is 0. The van der Waals surface area contributed by atoms with Crippen molar-refractivity contribution in [1.29, 1.82) is 0 Å². The Morgan fingerprint density at radius 1 is 1.15 bits per heavy atom. The smallest absolute Gasteiger partial charge is 0.226 e. The summed E-state index contributed by atoms with van der Waals surface area (Å²) in [6.07, 6.45) is 8.05. The van der Waals surface area contributed by atoms with E-state index in [1.165, 1.54) is 36.3 Å². The average molecular weight is 469 g/mol. The molecule has 1 saturated carbocycles. The number of carbonyl (C=O) groups is 1. The zero-order valence-corrected chi connectivity index (χ0v) is 19.5. The fourth-order valence-corrected chi connectivity index (χ4v) is 5.01. The highest BCUT2D eigenvalue weighted by Crippen LogP contribution is 2.35. The summed E-state index contributed by atoms with van der Waals surface area (Å²) in [6.45, 7) is 3.12. The van der Waals surface area contributed by atoms with E-state index in [-0.39, 0.29) is 18.1 Å². The monoisotopic (exact) mass is 468 g/mol. The Labute approximate surface area is 197 Å². The quantitative estimate of drug-likeness (QED) is 0.494. The summed E-state index contributed by atoms with van der Waals surface area (Å²) in [4.78, 5) is 17.2. The molecule has 3 aromatic rings. The third kappa shape index (κ3) is 5.86. The molecule has 3 heterocycles. The first kappa shape index (κ1) is 22.2. The second-order valence-corrected chi connectivity index (χ2v) is 9.93. The van der Waals surface area contributed by atoms with Gasteiger partial charge in [0.05, 0.1) is 17.7 Å². The molecule has 0 radical (unpaired) electrons. The summed E-state index contributed by atoms with van der Waals surface area (Å²) < 4.78 is 20.8. The van der Waals surface area contributed by atoms with Crippen molar-refractivity contribution in [3.8, 4) is 21.8 Å². The van der Waals surface area contributed by atoms with Gasteiger partial charge in [0.1, 0.15) is 16.5 Å².